The third-order valence-electron chi connectivity index (χ3n) is 4.53. The molecule has 0 aliphatic heterocycles. The van der Waals surface area contributed by atoms with Crippen LogP contribution in [0.25, 0.3) is 11.0 Å². The van der Waals surface area contributed by atoms with Crippen LogP contribution in [0.1, 0.15) is 10.4 Å². The van der Waals surface area contributed by atoms with Crippen LogP contribution < -0.4 is 21.3 Å². The monoisotopic (exact) mass is 388 g/mol. The van der Waals surface area contributed by atoms with Gasteiger partial charge < -0.3 is 19.4 Å². The van der Waals surface area contributed by atoms with Crippen LogP contribution in [0.3, 0.4) is 0 Å². The van der Waals surface area contributed by atoms with Gasteiger partial charge in [-0.05, 0) is 24.3 Å². The van der Waals surface area contributed by atoms with Gasteiger partial charge in [-0.3, -0.25) is 14.4 Å². The summed E-state index contributed by atoms with van der Waals surface area (Å²) in [7, 11) is 6.32. The SMILES string of the molecule is CN(C)c1cc2c(cc1NC(=O)c1c(F)cccc1F)n(C)c(=O)c(=O)n2C. The maximum Gasteiger partial charge on any atom is 0.316 e. The van der Waals surface area contributed by atoms with Gasteiger partial charge in [0.2, 0.25) is 0 Å². The summed E-state index contributed by atoms with van der Waals surface area (Å²) in [5.41, 5.74) is -0.561. The van der Waals surface area contributed by atoms with Crippen LogP contribution in [0, 0.1) is 11.6 Å². The van der Waals surface area contributed by atoms with Gasteiger partial charge >= 0.3 is 11.1 Å². The predicted molar refractivity (Wildman–Crippen MR) is 103 cm³/mol. The van der Waals surface area contributed by atoms with Crippen LogP contribution in [0.2, 0.25) is 0 Å². The number of anilines is 2. The van der Waals surface area contributed by atoms with Crippen molar-refractivity contribution in [2.45, 2.75) is 0 Å². The minimum Gasteiger partial charge on any atom is -0.376 e. The first kappa shape index (κ1) is 19.3. The Balaban J connectivity index is 2.23. The first-order valence-corrected chi connectivity index (χ1v) is 8.30. The fourth-order valence-electron chi connectivity index (χ4n) is 2.98. The van der Waals surface area contributed by atoms with Gasteiger partial charge in [0.1, 0.15) is 17.2 Å². The quantitative estimate of drug-likeness (QED) is 0.695. The Morgan fingerprint density at radius 2 is 1.46 bits per heavy atom. The Morgan fingerprint density at radius 1 is 0.964 bits per heavy atom. The number of hydrogen-bond acceptors (Lipinski definition) is 4. The molecular formula is C19H18F2N4O3. The molecule has 7 nitrogen and oxygen atoms in total. The molecule has 9 heteroatoms. The van der Waals surface area contributed by atoms with Crippen molar-refractivity contribution in [3.05, 3.63) is 68.2 Å². The second-order valence-corrected chi connectivity index (χ2v) is 6.53. The van der Waals surface area contributed by atoms with Crippen LogP contribution in [0.5, 0.6) is 0 Å². The Bertz CT molecular complexity index is 1210. The van der Waals surface area contributed by atoms with Crippen molar-refractivity contribution in [1.29, 1.82) is 0 Å². The number of amides is 1. The standard InChI is InChI=1S/C19H18F2N4O3/c1-23(2)13-9-15-14(24(3)18(27)19(28)25(15)4)8-12(13)22-17(26)16-10(20)6-5-7-11(16)21/h5-9H,1-4H3,(H,22,26). The normalized spacial score (nSPS) is 10.9. The summed E-state index contributed by atoms with van der Waals surface area (Å²) in [6.07, 6.45) is 0. The highest BCUT2D eigenvalue weighted by molar-refractivity contribution is 6.07. The third-order valence-corrected chi connectivity index (χ3v) is 4.53. The molecule has 0 unspecified atom stereocenters. The number of aryl methyl sites for hydroxylation is 2. The summed E-state index contributed by atoms with van der Waals surface area (Å²) >= 11 is 0. The number of carbonyl (C=O) groups is 1. The molecule has 0 spiro atoms. The lowest BCUT2D eigenvalue weighted by molar-refractivity contribution is 0.101. The Morgan fingerprint density at radius 3 is 1.96 bits per heavy atom. The highest BCUT2D eigenvalue weighted by Gasteiger charge is 2.20. The average Bonchev–Trinajstić information content (AvgIpc) is 2.64. The summed E-state index contributed by atoms with van der Waals surface area (Å²) in [6, 6.07) is 6.25. The van der Waals surface area contributed by atoms with Crippen LogP contribution in [-0.2, 0) is 14.1 Å². The average molecular weight is 388 g/mol. The maximum absolute atomic E-state index is 13.9. The van der Waals surface area contributed by atoms with E-state index in [4.69, 9.17) is 0 Å². The minimum absolute atomic E-state index is 0.235. The first-order chi connectivity index (χ1) is 13.1. The molecule has 1 N–H and O–H groups in total. The molecule has 0 atom stereocenters. The van der Waals surface area contributed by atoms with Crippen LogP contribution in [0.4, 0.5) is 20.2 Å². The number of fused-ring (bicyclic) bond motifs is 1. The van der Waals surface area contributed by atoms with Crippen molar-refractivity contribution < 1.29 is 13.6 Å². The number of halogens is 2. The smallest absolute Gasteiger partial charge is 0.316 e. The fraction of sp³-hybridized carbons (Fsp3) is 0.211. The van der Waals surface area contributed by atoms with Crippen molar-refractivity contribution in [1.82, 2.24) is 9.13 Å². The summed E-state index contributed by atoms with van der Waals surface area (Å²) in [5, 5.41) is 2.50. The van der Waals surface area contributed by atoms with Crippen molar-refractivity contribution in [3.8, 4) is 0 Å². The van der Waals surface area contributed by atoms with Crippen LogP contribution >= 0.6 is 0 Å². The molecule has 0 aliphatic carbocycles. The summed E-state index contributed by atoms with van der Waals surface area (Å²) in [6.45, 7) is 0. The third kappa shape index (κ3) is 3.04. The molecule has 0 saturated heterocycles. The number of aromatic nitrogens is 2. The number of nitrogens with one attached hydrogen (secondary N) is 1. The summed E-state index contributed by atoms with van der Waals surface area (Å²) < 4.78 is 30.2. The van der Waals surface area contributed by atoms with E-state index < -0.39 is 34.2 Å². The zero-order chi connectivity index (χ0) is 20.7. The van der Waals surface area contributed by atoms with Crippen molar-refractivity contribution in [3.63, 3.8) is 0 Å². The van der Waals surface area contributed by atoms with Gasteiger partial charge in [0.15, 0.2) is 0 Å². The molecule has 28 heavy (non-hydrogen) atoms. The predicted octanol–water partition coefficient (Wildman–Crippen LogP) is 1.83. The molecule has 1 amide bonds. The zero-order valence-corrected chi connectivity index (χ0v) is 15.7. The van der Waals surface area contributed by atoms with Crippen molar-refractivity contribution in [2.75, 3.05) is 24.3 Å². The highest BCUT2D eigenvalue weighted by atomic mass is 19.1. The van der Waals surface area contributed by atoms with E-state index in [1.807, 2.05) is 0 Å². The zero-order valence-electron chi connectivity index (χ0n) is 15.7. The highest BCUT2D eigenvalue weighted by Crippen LogP contribution is 2.30. The summed E-state index contributed by atoms with van der Waals surface area (Å²) in [4.78, 5) is 38.3. The molecule has 3 aromatic rings. The summed E-state index contributed by atoms with van der Waals surface area (Å²) in [5.74, 6) is -2.94. The molecule has 1 aromatic heterocycles. The van der Waals surface area contributed by atoms with Gasteiger partial charge in [-0.1, -0.05) is 6.07 Å². The Kier molecular flexibility index (Phi) is 4.76. The number of hydrogen-bond donors (Lipinski definition) is 1. The maximum atomic E-state index is 13.9. The largest absolute Gasteiger partial charge is 0.376 e. The van der Waals surface area contributed by atoms with E-state index in [9.17, 15) is 23.2 Å². The van der Waals surface area contributed by atoms with E-state index in [1.165, 1.54) is 30.8 Å². The van der Waals surface area contributed by atoms with Crippen molar-refractivity contribution >= 4 is 28.3 Å². The molecule has 2 aromatic carbocycles. The first-order valence-electron chi connectivity index (χ1n) is 8.30. The van der Waals surface area contributed by atoms with Crippen molar-refractivity contribution in [2.24, 2.45) is 14.1 Å². The van der Waals surface area contributed by atoms with Gasteiger partial charge in [-0.25, -0.2) is 8.78 Å². The number of carbonyl (C=O) groups excluding carboxylic acids is 1. The molecule has 3 rings (SSSR count). The second-order valence-electron chi connectivity index (χ2n) is 6.53. The topological polar surface area (TPSA) is 76.3 Å². The molecule has 0 saturated carbocycles. The lowest BCUT2D eigenvalue weighted by Gasteiger charge is -2.21. The lowest BCUT2D eigenvalue weighted by atomic mass is 10.1. The molecular weight excluding hydrogens is 370 g/mol. The lowest BCUT2D eigenvalue weighted by Crippen LogP contribution is -2.39. The molecule has 0 fully saturated rings. The van der Waals surface area contributed by atoms with Gasteiger partial charge in [-0.15, -0.1) is 0 Å². The van der Waals surface area contributed by atoms with E-state index in [-0.39, 0.29) is 5.69 Å². The number of rotatable bonds is 3. The fourth-order valence-corrected chi connectivity index (χ4v) is 2.98. The molecule has 0 bridgehead atoms. The van der Waals surface area contributed by atoms with E-state index in [2.05, 4.69) is 5.32 Å². The molecule has 1 heterocycles. The van der Waals surface area contributed by atoms with E-state index in [0.29, 0.717) is 16.7 Å². The van der Waals surface area contributed by atoms with Gasteiger partial charge in [0.25, 0.3) is 5.91 Å². The molecule has 0 aliphatic rings. The van der Waals surface area contributed by atoms with Gasteiger partial charge in [-0.2, -0.15) is 0 Å². The van der Waals surface area contributed by atoms with E-state index in [1.54, 1.807) is 25.1 Å². The van der Waals surface area contributed by atoms with Gasteiger partial charge in [0, 0.05) is 28.2 Å². The Hall–Kier alpha value is -3.49. The van der Waals surface area contributed by atoms with Gasteiger partial charge in [0.05, 0.1) is 22.4 Å². The molecule has 146 valence electrons. The second kappa shape index (κ2) is 6.91. The minimum atomic E-state index is -0.987. The van der Waals surface area contributed by atoms with Crippen LogP contribution in [-0.4, -0.2) is 29.1 Å². The van der Waals surface area contributed by atoms with E-state index in [0.717, 1.165) is 16.7 Å². The molecule has 0 radical (unpaired) electrons. The van der Waals surface area contributed by atoms with Crippen LogP contribution in [0.15, 0.2) is 39.9 Å². The number of nitrogens with zero attached hydrogens (tertiary/aromatic N) is 3. The van der Waals surface area contributed by atoms with E-state index >= 15 is 0 Å². The Labute approximate surface area is 158 Å². The number of benzene rings is 2.